The molecule has 3 nitrogen and oxygen atoms in total. The molecule has 2 N–H and O–H groups in total. The Kier molecular flexibility index (Phi) is 3.08. The van der Waals surface area contributed by atoms with Crippen LogP contribution in [0.25, 0.3) is 0 Å². The molecular formula is C9H14F3N3. The molecule has 0 aliphatic rings. The van der Waals surface area contributed by atoms with Crippen LogP contribution in [0.3, 0.4) is 0 Å². The summed E-state index contributed by atoms with van der Waals surface area (Å²) in [6.45, 7) is 5.82. The van der Waals surface area contributed by atoms with Crippen molar-refractivity contribution >= 4 is 0 Å². The normalized spacial score (nSPS) is 13.2. The number of nitrogens with zero attached hydrogens (tertiary/aromatic N) is 1. The Labute approximate surface area is 86.1 Å². The molecule has 1 aromatic heterocycles. The van der Waals surface area contributed by atoms with Crippen molar-refractivity contribution in [2.24, 2.45) is 0 Å². The zero-order valence-electron chi connectivity index (χ0n) is 8.87. The van der Waals surface area contributed by atoms with Crippen LogP contribution in [-0.2, 0) is 12.7 Å². The topological polar surface area (TPSA) is 40.7 Å². The van der Waals surface area contributed by atoms with E-state index in [1.807, 2.05) is 25.9 Å². The molecule has 0 radical (unpaired) electrons. The number of hydrogen-bond donors (Lipinski definition) is 2. The van der Waals surface area contributed by atoms with Gasteiger partial charge < -0.3 is 5.32 Å². The van der Waals surface area contributed by atoms with Crippen LogP contribution in [0.5, 0.6) is 0 Å². The lowest BCUT2D eigenvalue weighted by Gasteiger charge is -2.20. The Morgan fingerprint density at radius 1 is 1.33 bits per heavy atom. The molecule has 0 unspecified atom stereocenters. The summed E-state index contributed by atoms with van der Waals surface area (Å²) in [6, 6.07) is 0. The summed E-state index contributed by atoms with van der Waals surface area (Å²) in [4.78, 5) is 0. The van der Waals surface area contributed by atoms with Gasteiger partial charge in [0.1, 0.15) is 5.69 Å². The minimum Gasteiger partial charge on any atom is -0.308 e. The quantitative estimate of drug-likeness (QED) is 0.804. The van der Waals surface area contributed by atoms with Crippen LogP contribution in [0.15, 0.2) is 6.20 Å². The van der Waals surface area contributed by atoms with E-state index in [-0.39, 0.29) is 17.6 Å². The van der Waals surface area contributed by atoms with Gasteiger partial charge in [-0.15, -0.1) is 0 Å². The maximum atomic E-state index is 12.4. The lowest BCUT2D eigenvalue weighted by Crippen LogP contribution is -2.35. The van der Waals surface area contributed by atoms with Gasteiger partial charge in [-0.25, -0.2) is 0 Å². The van der Waals surface area contributed by atoms with Crippen molar-refractivity contribution in [1.82, 2.24) is 15.5 Å². The van der Waals surface area contributed by atoms with Gasteiger partial charge in [0.15, 0.2) is 0 Å². The minimum absolute atomic E-state index is 0.137. The van der Waals surface area contributed by atoms with E-state index in [1.165, 1.54) is 6.20 Å². The van der Waals surface area contributed by atoms with Crippen LogP contribution >= 0.6 is 0 Å². The van der Waals surface area contributed by atoms with Gasteiger partial charge in [-0.05, 0) is 20.8 Å². The molecule has 0 atom stereocenters. The molecule has 1 rings (SSSR count). The van der Waals surface area contributed by atoms with Gasteiger partial charge in [0, 0.05) is 17.6 Å². The zero-order valence-corrected chi connectivity index (χ0v) is 8.87. The monoisotopic (exact) mass is 221 g/mol. The third-order valence-electron chi connectivity index (χ3n) is 1.81. The molecular weight excluding hydrogens is 207 g/mol. The first-order valence-electron chi connectivity index (χ1n) is 4.54. The third kappa shape index (κ3) is 3.54. The van der Waals surface area contributed by atoms with Crippen LogP contribution in [0.1, 0.15) is 32.0 Å². The van der Waals surface area contributed by atoms with Crippen molar-refractivity contribution in [3.05, 3.63) is 17.5 Å². The number of H-pyrrole nitrogens is 1. The van der Waals surface area contributed by atoms with Gasteiger partial charge in [-0.1, -0.05) is 0 Å². The fraction of sp³-hybridized carbons (Fsp3) is 0.667. The predicted molar refractivity (Wildman–Crippen MR) is 50.2 cm³/mol. The maximum Gasteiger partial charge on any atom is 0.433 e. The van der Waals surface area contributed by atoms with Crippen molar-refractivity contribution in [3.63, 3.8) is 0 Å². The van der Waals surface area contributed by atoms with E-state index < -0.39 is 11.9 Å². The molecule has 15 heavy (non-hydrogen) atoms. The first kappa shape index (κ1) is 12.0. The van der Waals surface area contributed by atoms with Gasteiger partial charge in [0.05, 0.1) is 6.20 Å². The Balaban J connectivity index is 2.75. The fourth-order valence-corrected chi connectivity index (χ4v) is 1.05. The van der Waals surface area contributed by atoms with E-state index in [0.717, 1.165) is 0 Å². The van der Waals surface area contributed by atoms with Crippen LogP contribution in [-0.4, -0.2) is 15.7 Å². The Bertz CT molecular complexity index is 322. The zero-order chi connectivity index (χ0) is 11.7. The summed E-state index contributed by atoms with van der Waals surface area (Å²) in [7, 11) is 0. The number of nitrogens with one attached hydrogen (secondary N) is 2. The summed E-state index contributed by atoms with van der Waals surface area (Å²) >= 11 is 0. The molecule has 0 saturated carbocycles. The first-order valence-corrected chi connectivity index (χ1v) is 4.54. The van der Waals surface area contributed by atoms with Crippen molar-refractivity contribution in [2.75, 3.05) is 0 Å². The largest absolute Gasteiger partial charge is 0.433 e. The summed E-state index contributed by atoms with van der Waals surface area (Å²) in [6.07, 6.45) is -3.17. The molecule has 1 aromatic rings. The standard InChI is InChI=1S/C9H14F3N3/c1-8(2,3)13-4-6-5-14-15-7(6)9(10,11)12/h5,13H,4H2,1-3H3,(H,14,15). The first-order chi connectivity index (χ1) is 6.70. The number of alkyl halides is 3. The second-order valence-corrected chi connectivity index (χ2v) is 4.37. The van der Waals surface area contributed by atoms with E-state index in [9.17, 15) is 13.2 Å². The number of aromatic amines is 1. The number of hydrogen-bond acceptors (Lipinski definition) is 2. The van der Waals surface area contributed by atoms with Crippen molar-refractivity contribution in [3.8, 4) is 0 Å². The van der Waals surface area contributed by atoms with Gasteiger partial charge in [0.2, 0.25) is 0 Å². The molecule has 1 heterocycles. The molecule has 0 saturated heterocycles. The van der Waals surface area contributed by atoms with Gasteiger partial charge in [0.25, 0.3) is 0 Å². The highest BCUT2D eigenvalue weighted by atomic mass is 19.4. The Morgan fingerprint density at radius 2 is 1.93 bits per heavy atom. The summed E-state index contributed by atoms with van der Waals surface area (Å²) < 4.78 is 37.2. The van der Waals surface area contributed by atoms with Crippen LogP contribution < -0.4 is 5.32 Å². The lowest BCUT2D eigenvalue weighted by molar-refractivity contribution is -0.141. The maximum absolute atomic E-state index is 12.4. The van der Waals surface area contributed by atoms with E-state index in [1.54, 1.807) is 0 Å². The summed E-state index contributed by atoms with van der Waals surface area (Å²) in [5, 5.41) is 8.35. The minimum atomic E-state index is -4.37. The van der Waals surface area contributed by atoms with Crippen molar-refractivity contribution in [1.29, 1.82) is 0 Å². The summed E-state index contributed by atoms with van der Waals surface area (Å²) in [5.74, 6) is 0. The fourth-order valence-electron chi connectivity index (χ4n) is 1.05. The Hall–Kier alpha value is -1.04. The third-order valence-corrected chi connectivity index (χ3v) is 1.81. The van der Waals surface area contributed by atoms with Gasteiger partial charge in [-0.2, -0.15) is 18.3 Å². The van der Waals surface area contributed by atoms with E-state index >= 15 is 0 Å². The SMILES string of the molecule is CC(C)(C)NCc1cn[nH]c1C(F)(F)F. The average molecular weight is 221 g/mol. The van der Waals surface area contributed by atoms with E-state index in [4.69, 9.17) is 0 Å². The molecule has 0 bridgehead atoms. The van der Waals surface area contributed by atoms with Crippen molar-refractivity contribution in [2.45, 2.75) is 39.0 Å². The Morgan fingerprint density at radius 3 is 2.40 bits per heavy atom. The smallest absolute Gasteiger partial charge is 0.308 e. The molecule has 0 fully saturated rings. The molecule has 6 heteroatoms. The predicted octanol–water partition coefficient (Wildman–Crippen LogP) is 2.32. The number of halogens is 3. The van der Waals surface area contributed by atoms with E-state index in [2.05, 4.69) is 10.4 Å². The van der Waals surface area contributed by atoms with E-state index in [0.29, 0.717) is 0 Å². The van der Waals surface area contributed by atoms with Crippen molar-refractivity contribution < 1.29 is 13.2 Å². The summed E-state index contributed by atoms with van der Waals surface area (Å²) in [5.41, 5.74) is -0.864. The molecule has 0 amide bonds. The second-order valence-electron chi connectivity index (χ2n) is 4.37. The van der Waals surface area contributed by atoms with Gasteiger partial charge in [-0.3, -0.25) is 5.10 Å². The molecule has 0 aliphatic carbocycles. The number of aromatic nitrogens is 2. The number of rotatable bonds is 2. The highest BCUT2D eigenvalue weighted by molar-refractivity contribution is 5.19. The second kappa shape index (κ2) is 3.84. The van der Waals surface area contributed by atoms with Crippen LogP contribution in [0.2, 0.25) is 0 Å². The van der Waals surface area contributed by atoms with Crippen LogP contribution in [0.4, 0.5) is 13.2 Å². The molecule has 0 aromatic carbocycles. The highest BCUT2D eigenvalue weighted by Gasteiger charge is 2.35. The highest BCUT2D eigenvalue weighted by Crippen LogP contribution is 2.30. The van der Waals surface area contributed by atoms with Crippen LogP contribution in [0, 0.1) is 0 Å². The average Bonchev–Trinajstić information content (AvgIpc) is 2.45. The van der Waals surface area contributed by atoms with Gasteiger partial charge >= 0.3 is 6.18 Å². The molecule has 86 valence electrons. The molecule has 0 spiro atoms. The lowest BCUT2D eigenvalue weighted by atomic mass is 10.1. The molecule has 0 aliphatic heterocycles.